The number of aromatic nitrogens is 2. The van der Waals surface area contributed by atoms with E-state index in [-0.39, 0.29) is 58.3 Å². The number of phosphoric ester groups is 1. The van der Waals surface area contributed by atoms with E-state index in [0.29, 0.717) is 35.6 Å². The van der Waals surface area contributed by atoms with Gasteiger partial charge in [0.2, 0.25) is 0 Å². The van der Waals surface area contributed by atoms with Crippen LogP contribution in [0.5, 0.6) is 17.2 Å². The van der Waals surface area contributed by atoms with E-state index in [2.05, 4.69) is 15.7 Å². The molecule has 12 nitrogen and oxygen atoms in total. The Bertz CT molecular complexity index is 1870. The normalized spacial score (nSPS) is 13.1. The zero-order valence-corrected chi connectivity index (χ0v) is 30.3. The highest BCUT2D eigenvalue weighted by atomic mass is 31.2. The number of halogens is 2. The van der Waals surface area contributed by atoms with Crippen LogP contribution in [0.3, 0.4) is 0 Å². The van der Waals surface area contributed by atoms with Gasteiger partial charge in [-0.05, 0) is 68.7 Å². The number of fused-ring (bicyclic) bond motifs is 1. The average molecular weight is 719 g/mol. The number of carbonyl (C=O) groups excluding carboxylic acids is 1. The lowest BCUT2D eigenvalue weighted by molar-refractivity contribution is -0.902. The lowest BCUT2D eigenvalue weighted by atomic mass is 10.0. The van der Waals surface area contributed by atoms with Crippen molar-refractivity contribution in [2.24, 2.45) is 5.92 Å². The zero-order valence-electron chi connectivity index (χ0n) is 29.4. The van der Waals surface area contributed by atoms with Crippen LogP contribution >= 0.6 is 7.82 Å². The van der Waals surface area contributed by atoms with Crippen LogP contribution in [0.2, 0.25) is 0 Å². The Morgan fingerprint density at radius 1 is 1.04 bits per heavy atom. The van der Waals surface area contributed by atoms with Gasteiger partial charge >= 0.3 is 7.82 Å². The molecule has 1 heterocycles. The number of carbonyl (C=O) groups is 1. The number of likely N-dealkylation sites (N-methyl/N-ethyl adjacent to an activating group) is 1. The summed E-state index contributed by atoms with van der Waals surface area (Å²) in [7, 11) is -1.09. The van der Waals surface area contributed by atoms with Crippen molar-refractivity contribution in [1.29, 1.82) is 0 Å². The van der Waals surface area contributed by atoms with Gasteiger partial charge in [0.05, 0.1) is 44.5 Å². The molecule has 0 aliphatic carbocycles. The Morgan fingerprint density at radius 3 is 2.38 bits per heavy atom. The van der Waals surface area contributed by atoms with Gasteiger partial charge in [0, 0.05) is 35.5 Å². The summed E-state index contributed by atoms with van der Waals surface area (Å²) in [5, 5.41) is 21.7. The van der Waals surface area contributed by atoms with Crippen molar-refractivity contribution in [3.8, 4) is 17.2 Å². The monoisotopic (exact) mass is 718 g/mol. The molecule has 0 aliphatic rings. The maximum atomic E-state index is 14.6. The smallest absolute Gasteiger partial charge is 0.453 e. The Hall–Kier alpha value is -3.91. The first-order valence-corrected chi connectivity index (χ1v) is 17.8. The summed E-state index contributed by atoms with van der Waals surface area (Å²) < 4.78 is 52.8. The lowest BCUT2D eigenvalue weighted by Crippen LogP contribution is -2.45. The van der Waals surface area contributed by atoms with Gasteiger partial charge in [0.25, 0.3) is 5.91 Å². The molecular weight excluding hydrogens is 671 g/mol. The van der Waals surface area contributed by atoms with Crippen LogP contribution in [-0.4, -0.2) is 74.0 Å². The van der Waals surface area contributed by atoms with Gasteiger partial charge < -0.3 is 24.2 Å². The summed E-state index contributed by atoms with van der Waals surface area (Å²) in [5.74, 6) is -2.07. The summed E-state index contributed by atoms with van der Waals surface area (Å²) in [4.78, 5) is 32.7. The van der Waals surface area contributed by atoms with Gasteiger partial charge in [-0.2, -0.15) is 5.10 Å². The van der Waals surface area contributed by atoms with Gasteiger partial charge in [0.1, 0.15) is 30.1 Å². The van der Waals surface area contributed by atoms with Crippen LogP contribution in [0.25, 0.3) is 10.9 Å². The first-order valence-electron chi connectivity index (χ1n) is 16.2. The van der Waals surface area contributed by atoms with E-state index in [1.165, 1.54) is 6.07 Å². The molecule has 5 N–H and O–H groups in total. The molecule has 50 heavy (non-hydrogen) atoms. The fourth-order valence-electron chi connectivity index (χ4n) is 5.52. The van der Waals surface area contributed by atoms with Gasteiger partial charge in [-0.1, -0.05) is 19.9 Å². The second-order valence-electron chi connectivity index (χ2n) is 14.5. The third-order valence-electron chi connectivity index (χ3n) is 7.61. The quantitative estimate of drug-likeness (QED) is 0.0610. The Kier molecular flexibility index (Phi) is 12.1. The third-order valence-corrected chi connectivity index (χ3v) is 8.05. The number of ether oxygens (including phenoxy) is 1. The number of nitrogens with one attached hydrogen (secondary N) is 2. The molecule has 3 aromatic carbocycles. The number of rotatable bonds is 15. The molecule has 4 rings (SSSR count). The number of nitrogens with zero attached hydrogens (tertiary/aromatic N) is 3. The van der Waals surface area contributed by atoms with E-state index < -0.39 is 31.6 Å². The van der Waals surface area contributed by atoms with Crippen molar-refractivity contribution in [1.82, 2.24) is 20.4 Å². The number of aliphatic hydroxyl groups is 1. The predicted molar refractivity (Wildman–Crippen MR) is 186 cm³/mol. The van der Waals surface area contributed by atoms with Crippen LogP contribution in [0.15, 0.2) is 54.7 Å². The molecule has 272 valence electrons. The highest BCUT2D eigenvalue weighted by Crippen LogP contribution is 2.40. The molecule has 1 atom stereocenters. The van der Waals surface area contributed by atoms with E-state index in [9.17, 15) is 33.0 Å². The molecular formula is C35H47F2N5O7P+. The molecule has 15 heteroatoms. The topological polar surface area (TPSA) is 155 Å². The maximum absolute atomic E-state index is 14.6. The SMILES string of the molecule is CC(C)Cn1ncc2cc(Oc3ccc(F)cc3F)c(C(=O)NCC[N+](C)(C)Cc3cc(CC(O)NC(C)(C)C)ccc3OP(=O)(O)O)cc21. The van der Waals surface area contributed by atoms with Crippen LogP contribution < -0.4 is 19.9 Å². The predicted octanol–water partition coefficient (Wildman–Crippen LogP) is 5.49. The van der Waals surface area contributed by atoms with Gasteiger partial charge in [-0.25, -0.2) is 13.3 Å². The Balaban J connectivity index is 1.54. The minimum Gasteiger partial charge on any atom is -0.453 e. The average Bonchev–Trinajstić information content (AvgIpc) is 3.34. The molecule has 1 amide bonds. The van der Waals surface area contributed by atoms with Crippen molar-refractivity contribution in [2.75, 3.05) is 27.2 Å². The largest absolute Gasteiger partial charge is 0.524 e. The first kappa shape index (κ1) is 38.9. The van der Waals surface area contributed by atoms with Crippen molar-refractivity contribution in [3.05, 3.63) is 83.1 Å². The highest BCUT2D eigenvalue weighted by molar-refractivity contribution is 7.46. The standard InChI is InChI=1S/C35H46F2N5O7P/c1-22(2)20-41-29-18-27(32(16-24(29)19-39-41)48-31-11-9-26(36)17-28(31)37)34(44)38-12-13-42(6,7)21-25-14-23(15-33(43)40-35(3,4)5)8-10-30(25)49-50(45,46)47/h8-11,14,16-19,22,33,40,43H,12-13,15,20-21H2,1-7H3,(H2-,38,44,45,46,47)/p+1. The number of phosphoric acid groups is 1. The number of benzene rings is 3. The van der Waals surface area contributed by atoms with E-state index in [4.69, 9.17) is 9.26 Å². The van der Waals surface area contributed by atoms with Crippen molar-refractivity contribution in [2.45, 2.75) is 65.9 Å². The highest BCUT2D eigenvalue weighted by Gasteiger charge is 2.26. The molecule has 1 aromatic heterocycles. The molecule has 0 radical (unpaired) electrons. The minimum atomic E-state index is -4.87. The van der Waals surface area contributed by atoms with Crippen LogP contribution in [0, 0.1) is 17.6 Å². The lowest BCUT2D eigenvalue weighted by Gasteiger charge is -2.31. The Morgan fingerprint density at radius 2 is 1.74 bits per heavy atom. The number of quaternary nitrogens is 1. The molecule has 0 saturated heterocycles. The summed E-state index contributed by atoms with van der Waals surface area (Å²) in [5.41, 5.74) is 1.72. The third kappa shape index (κ3) is 11.3. The number of amides is 1. The second kappa shape index (κ2) is 15.5. The molecule has 0 bridgehead atoms. The van der Waals surface area contributed by atoms with Crippen LogP contribution in [-0.2, 0) is 24.1 Å². The van der Waals surface area contributed by atoms with Crippen molar-refractivity contribution < 1.29 is 46.8 Å². The first-order chi connectivity index (χ1) is 23.2. The molecule has 0 saturated carbocycles. The summed E-state index contributed by atoms with van der Waals surface area (Å²) in [6.45, 7) is 11.3. The molecule has 0 fully saturated rings. The summed E-state index contributed by atoms with van der Waals surface area (Å²) in [6.07, 6.45) is 1.02. The van der Waals surface area contributed by atoms with Gasteiger partial charge in [-0.15, -0.1) is 0 Å². The minimum absolute atomic E-state index is 0.0108. The Labute approximate surface area is 290 Å². The fraction of sp³-hybridized carbons (Fsp3) is 0.429. The van der Waals surface area contributed by atoms with E-state index >= 15 is 0 Å². The van der Waals surface area contributed by atoms with E-state index in [0.717, 1.165) is 17.7 Å². The second-order valence-corrected chi connectivity index (χ2v) is 15.7. The zero-order chi connectivity index (χ0) is 37.0. The van der Waals surface area contributed by atoms with E-state index in [1.54, 1.807) is 35.1 Å². The van der Waals surface area contributed by atoms with Crippen LogP contribution in [0.1, 0.15) is 56.1 Å². The molecule has 0 aliphatic heterocycles. The number of aliphatic hydroxyl groups excluding tert-OH is 1. The summed E-state index contributed by atoms with van der Waals surface area (Å²) in [6, 6.07) is 11.0. The number of hydrogen-bond donors (Lipinski definition) is 5. The van der Waals surface area contributed by atoms with Crippen LogP contribution in [0.4, 0.5) is 8.78 Å². The summed E-state index contributed by atoms with van der Waals surface area (Å²) >= 11 is 0. The maximum Gasteiger partial charge on any atom is 0.524 e. The molecule has 0 spiro atoms. The fourth-order valence-corrected chi connectivity index (χ4v) is 5.95. The molecule has 1 unspecified atom stereocenters. The van der Waals surface area contributed by atoms with Gasteiger partial charge in [0.15, 0.2) is 11.6 Å². The van der Waals surface area contributed by atoms with E-state index in [1.807, 2.05) is 48.7 Å². The van der Waals surface area contributed by atoms with Gasteiger partial charge in [-0.3, -0.25) is 24.6 Å². The van der Waals surface area contributed by atoms with Crippen molar-refractivity contribution in [3.63, 3.8) is 0 Å². The molecule has 4 aromatic rings. The number of hydrogen-bond acceptors (Lipinski definition) is 7. The van der Waals surface area contributed by atoms with Crippen molar-refractivity contribution >= 4 is 24.6 Å².